The van der Waals surface area contributed by atoms with Gasteiger partial charge >= 0.3 is 0 Å². The maximum absolute atomic E-state index is 5.91. The summed E-state index contributed by atoms with van der Waals surface area (Å²) in [6.07, 6.45) is 2.25. The third kappa shape index (κ3) is 3.56. The van der Waals surface area contributed by atoms with E-state index in [1.54, 1.807) is 7.11 Å². The number of ether oxygens (including phenoxy) is 1. The lowest BCUT2D eigenvalue weighted by Crippen LogP contribution is -2.35. The van der Waals surface area contributed by atoms with E-state index >= 15 is 0 Å². The molecule has 109 valence electrons. The lowest BCUT2D eigenvalue weighted by molar-refractivity contribution is -0.0756. The minimum absolute atomic E-state index is 0.635. The van der Waals surface area contributed by atoms with Crippen molar-refractivity contribution >= 4 is 0 Å². The summed E-state index contributed by atoms with van der Waals surface area (Å²) < 4.78 is 5.15. The van der Waals surface area contributed by atoms with Gasteiger partial charge in [-0.3, -0.25) is 0 Å². The van der Waals surface area contributed by atoms with E-state index in [1.165, 1.54) is 5.56 Å². The third-order valence-electron chi connectivity index (χ3n) is 3.96. The minimum atomic E-state index is 0.635. The standard InChI is InChI=1S/C18H20NO2/c1-20-17-7-9-18(10-8-17)21-19-13-11-16(12-14-19)15-5-3-2-4-6-15/h3-10,16H,11-14H2,1H3. The number of hydrogen-bond acceptors (Lipinski definition) is 3. The summed E-state index contributed by atoms with van der Waals surface area (Å²) in [4.78, 5) is 5.91. The molecular weight excluding hydrogens is 262 g/mol. The first-order valence-electron chi connectivity index (χ1n) is 7.38. The Balaban J connectivity index is 1.53. The number of methoxy groups -OCH3 is 1. The van der Waals surface area contributed by atoms with Crippen LogP contribution < -0.4 is 9.57 Å². The van der Waals surface area contributed by atoms with Crippen LogP contribution in [0.5, 0.6) is 11.5 Å². The van der Waals surface area contributed by atoms with Gasteiger partial charge < -0.3 is 9.57 Å². The minimum Gasteiger partial charge on any atom is -0.497 e. The Labute approximate surface area is 126 Å². The first-order chi connectivity index (χ1) is 10.3. The van der Waals surface area contributed by atoms with Gasteiger partial charge in [0, 0.05) is 13.1 Å². The highest BCUT2D eigenvalue weighted by Crippen LogP contribution is 2.28. The van der Waals surface area contributed by atoms with Gasteiger partial charge in [-0.2, -0.15) is 0 Å². The highest BCUT2D eigenvalue weighted by Gasteiger charge is 2.21. The van der Waals surface area contributed by atoms with Gasteiger partial charge in [-0.05, 0) is 54.7 Å². The van der Waals surface area contributed by atoms with Crippen LogP contribution in [0.4, 0.5) is 0 Å². The zero-order valence-corrected chi connectivity index (χ0v) is 12.3. The molecule has 0 N–H and O–H groups in total. The first-order valence-corrected chi connectivity index (χ1v) is 7.38. The number of benzene rings is 2. The fourth-order valence-corrected chi connectivity index (χ4v) is 2.74. The summed E-state index contributed by atoms with van der Waals surface area (Å²) in [7, 11) is 1.67. The molecule has 0 spiro atoms. The molecule has 1 aliphatic heterocycles. The lowest BCUT2D eigenvalue weighted by Gasteiger charge is -2.31. The highest BCUT2D eigenvalue weighted by atomic mass is 16.7. The molecule has 3 heteroatoms. The lowest BCUT2D eigenvalue weighted by atomic mass is 9.90. The van der Waals surface area contributed by atoms with Gasteiger partial charge in [-0.15, -0.1) is 5.06 Å². The number of hydroxylamine groups is 2. The maximum Gasteiger partial charge on any atom is 0.147 e. The predicted molar refractivity (Wildman–Crippen MR) is 82.4 cm³/mol. The Morgan fingerprint density at radius 3 is 2.19 bits per heavy atom. The van der Waals surface area contributed by atoms with Crippen LogP contribution in [0.1, 0.15) is 24.3 Å². The van der Waals surface area contributed by atoms with Crippen molar-refractivity contribution in [3.05, 3.63) is 60.2 Å². The third-order valence-corrected chi connectivity index (χ3v) is 3.96. The van der Waals surface area contributed by atoms with Crippen LogP contribution in [-0.4, -0.2) is 25.3 Å². The topological polar surface area (TPSA) is 21.7 Å². The molecule has 1 fully saturated rings. The Hall–Kier alpha value is -2.00. The van der Waals surface area contributed by atoms with Crippen molar-refractivity contribution in [2.24, 2.45) is 0 Å². The van der Waals surface area contributed by atoms with Crippen molar-refractivity contribution in [1.82, 2.24) is 5.06 Å². The average Bonchev–Trinajstić information content (AvgIpc) is 2.57. The summed E-state index contributed by atoms with van der Waals surface area (Å²) in [5, 5.41) is 2.05. The van der Waals surface area contributed by atoms with Crippen LogP contribution in [0.3, 0.4) is 0 Å². The molecule has 0 aromatic heterocycles. The van der Waals surface area contributed by atoms with Gasteiger partial charge in [-0.1, -0.05) is 24.3 Å². The molecule has 0 saturated carbocycles. The number of piperidine rings is 1. The van der Waals surface area contributed by atoms with Crippen LogP contribution in [0.25, 0.3) is 0 Å². The van der Waals surface area contributed by atoms with Crippen LogP contribution in [0, 0.1) is 6.07 Å². The molecule has 3 nitrogen and oxygen atoms in total. The number of nitrogens with zero attached hydrogens (tertiary/aromatic N) is 1. The largest absolute Gasteiger partial charge is 0.497 e. The zero-order chi connectivity index (χ0) is 14.5. The van der Waals surface area contributed by atoms with Gasteiger partial charge in [0.25, 0.3) is 0 Å². The zero-order valence-electron chi connectivity index (χ0n) is 12.3. The molecule has 0 aliphatic carbocycles. The average molecular weight is 282 g/mol. The molecule has 1 radical (unpaired) electrons. The summed E-state index contributed by atoms with van der Waals surface area (Å²) in [6.45, 7) is 1.91. The predicted octanol–water partition coefficient (Wildman–Crippen LogP) is 3.67. The van der Waals surface area contributed by atoms with Crippen LogP contribution in [0.2, 0.25) is 0 Å². The molecular formula is C18H20NO2. The van der Waals surface area contributed by atoms with E-state index in [2.05, 4.69) is 18.2 Å². The first kappa shape index (κ1) is 14.0. The quantitative estimate of drug-likeness (QED) is 0.854. The second kappa shape index (κ2) is 6.64. The maximum atomic E-state index is 5.91. The second-order valence-corrected chi connectivity index (χ2v) is 5.30. The molecule has 1 heterocycles. The summed E-state index contributed by atoms with van der Waals surface area (Å²) >= 11 is 0. The Bertz CT molecular complexity index is 545. The van der Waals surface area contributed by atoms with E-state index in [0.717, 1.165) is 37.4 Å². The molecule has 0 amide bonds. The van der Waals surface area contributed by atoms with Crippen molar-refractivity contribution in [1.29, 1.82) is 0 Å². The van der Waals surface area contributed by atoms with Crippen molar-refractivity contribution in [2.45, 2.75) is 18.8 Å². The molecule has 21 heavy (non-hydrogen) atoms. The molecule has 1 aliphatic rings. The molecule has 0 unspecified atom stereocenters. The number of hydrogen-bond donors (Lipinski definition) is 0. The fraction of sp³-hybridized carbons (Fsp3) is 0.333. The van der Waals surface area contributed by atoms with Crippen molar-refractivity contribution in [3.8, 4) is 11.5 Å². The summed E-state index contributed by atoms with van der Waals surface area (Å²) in [5.41, 5.74) is 1.41. The number of rotatable bonds is 4. The van der Waals surface area contributed by atoms with E-state index < -0.39 is 0 Å². The van der Waals surface area contributed by atoms with Gasteiger partial charge in [0.2, 0.25) is 0 Å². The van der Waals surface area contributed by atoms with Crippen LogP contribution in [0.15, 0.2) is 48.5 Å². The van der Waals surface area contributed by atoms with E-state index in [9.17, 15) is 0 Å². The van der Waals surface area contributed by atoms with Gasteiger partial charge in [-0.25, -0.2) is 0 Å². The van der Waals surface area contributed by atoms with E-state index in [0.29, 0.717) is 5.92 Å². The smallest absolute Gasteiger partial charge is 0.147 e. The van der Waals surface area contributed by atoms with Gasteiger partial charge in [0.15, 0.2) is 0 Å². The Kier molecular flexibility index (Phi) is 4.41. The van der Waals surface area contributed by atoms with Crippen LogP contribution in [-0.2, 0) is 0 Å². The molecule has 0 bridgehead atoms. The molecule has 1 saturated heterocycles. The molecule has 2 aromatic rings. The SMILES string of the molecule is COc1ccc(ON2CCC(c3cc[c]cc3)CC2)cc1. The fourth-order valence-electron chi connectivity index (χ4n) is 2.74. The van der Waals surface area contributed by atoms with E-state index in [4.69, 9.17) is 9.57 Å². The van der Waals surface area contributed by atoms with E-state index in [-0.39, 0.29) is 0 Å². The van der Waals surface area contributed by atoms with Crippen molar-refractivity contribution in [3.63, 3.8) is 0 Å². The second-order valence-electron chi connectivity index (χ2n) is 5.30. The van der Waals surface area contributed by atoms with Crippen molar-refractivity contribution < 1.29 is 9.57 Å². The molecule has 3 rings (SSSR count). The van der Waals surface area contributed by atoms with Gasteiger partial charge in [0.05, 0.1) is 7.11 Å². The highest BCUT2D eigenvalue weighted by molar-refractivity contribution is 5.31. The monoisotopic (exact) mass is 282 g/mol. The van der Waals surface area contributed by atoms with E-state index in [1.807, 2.05) is 41.5 Å². The van der Waals surface area contributed by atoms with Crippen molar-refractivity contribution in [2.75, 3.05) is 20.2 Å². The van der Waals surface area contributed by atoms with Gasteiger partial charge in [0.1, 0.15) is 11.5 Å². The van der Waals surface area contributed by atoms with Crippen LogP contribution >= 0.6 is 0 Å². The molecule has 0 atom stereocenters. The Morgan fingerprint density at radius 1 is 0.952 bits per heavy atom. The summed E-state index contributed by atoms with van der Waals surface area (Å²) in [5.74, 6) is 2.35. The molecule has 2 aromatic carbocycles. The summed E-state index contributed by atoms with van der Waals surface area (Å²) in [6, 6.07) is 19.1. The normalized spacial score (nSPS) is 16.6. The Morgan fingerprint density at radius 2 is 1.57 bits per heavy atom.